The molecule has 0 heterocycles. The number of aromatic hydroxyl groups is 1. The van der Waals surface area contributed by atoms with E-state index in [1.165, 1.54) is 6.07 Å². The van der Waals surface area contributed by atoms with E-state index >= 15 is 0 Å². The van der Waals surface area contributed by atoms with E-state index in [9.17, 15) is 14.3 Å². The van der Waals surface area contributed by atoms with E-state index in [4.69, 9.17) is 0 Å². The van der Waals surface area contributed by atoms with E-state index in [1.54, 1.807) is 0 Å². The molecule has 0 saturated carbocycles. The molecular formula is C15H13BrFNO2. The first-order chi connectivity index (χ1) is 9.38. The second-order valence-corrected chi connectivity index (χ2v) is 5.45. The first-order valence-electron chi connectivity index (χ1n) is 5.95. The molecule has 0 aliphatic heterocycles. The van der Waals surface area contributed by atoms with Crippen LogP contribution in [0.15, 0.2) is 34.8 Å². The molecule has 2 aromatic rings. The maximum Gasteiger partial charge on any atom is 0.259 e. The Morgan fingerprint density at radius 2 is 1.80 bits per heavy atom. The first kappa shape index (κ1) is 14.5. The minimum absolute atomic E-state index is 0.0353. The lowest BCUT2D eigenvalue weighted by molar-refractivity contribution is 0.102. The maximum atomic E-state index is 12.9. The lowest BCUT2D eigenvalue weighted by Crippen LogP contribution is -2.14. The zero-order chi connectivity index (χ0) is 14.9. The Bertz CT molecular complexity index is 663. The molecule has 0 unspecified atom stereocenters. The highest BCUT2D eigenvalue weighted by molar-refractivity contribution is 9.10. The van der Waals surface area contributed by atoms with Gasteiger partial charge in [-0.05, 0) is 49.2 Å². The number of carbonyl (C=O) groups is 1. The van der Waals surface area contributed by atoms with Crippen molar-refractivity contribution >= 4 is 27.5 Å². The van der Waals surface area contributed by atoms with Crippen molar-refractivity contribution in [3.63, 3.8) is 0 Å². The summed E-state index contributed by atoms with van der Waals surface area (Å²) in [5.74, 6) is -1.44. The van der Waals surface area contributed by atoms with Crippen LogP contribution in [-0.4, -0.2) is 11.0 Å². The highest BCUT2D eigenvalue weighted by Gasteiger charge is 2.14. The van der Waals surface area contributed by atoms with Gasteiger partial charge in [0.25, 0.3) is 5.91 Å². The Balaban J connectivity index is 2.33. The average molecular weight is 338 g/mol. The predicted octanol–water partition coefficient (Wildman–Crippen LogP) is 4.16. The monoisotopic (exact) mass is 337 g/mol. The standard InChI is InChI=1S/C15H13BrFNO2/c1-8-5-10(16)6-9(2)14(8)18-15(20)12-4-3-11(17)7-13(12)19/h3-7,19H,1-2H3,(H,18,20). The molecule has 104 valence electrons. The van der Waals surface area contributed by atoms with Crippen molar-refractivity contribution in [2.45, 2.75) is 13.8 Å². The number of nitrogens with one attached hydrogen (secondary N) is 1. The van der Waals surface area contributed by atoms with Crippen LogP contribution in [0.3, 0.4) is 0 Å². The average Bonchev–Trinajstić information content (AvgIpc) is 2.33. The smallest absolute Gasteiger partial charge is 0.259 e. The Labute approximate surface area is 124 Å². The summed E-state index contributed by atoms with van der Waals surface area (Å²) in [6.07, 6.45) is 0. The Hall–Kier alpha value is -1.88. The number of anilines is 1. The second-order valence-electron chi connectivity index (χ2n) is 4.53. The van der Waals surface area contributed by atoms with Crippen LogP contribution in [0, 0.1) is 19.7 Å². The van der Waals surface area contributed by atoms with Gasteiger partial charge in [-0.1, -0.05) is 15.9 Å². The van der Waals surface area contributed by atoms with E-state index < -0.39 is 11.7 Å². The zero-order valence-corrected chi connectivity index (χ0v) is 12.6. The van der Waals surface area contributed by atoms with Crippen LogP contribution in [0.25, 0.3) is 0 Å². The number of phenolic OH excluding ortho intramolecular Hbond substituents is 1. The Kier molecular flexibility index (Phi) is 4.09. The van der Waals surface area contributed by atoms with Gasteiger partial charge in [-0.3, -0.25) is 4.79 Å². The summed E-state index contributed by atoms with van der Waals surface area (Å²) in [5, 5.41) is 12.4. The molecule has 0 spiro atoms. The zero-order valence-electron chi connectivity index (χ0n) is 11.0. The summed E-state index contributed by atoms with van der Waals surface area (Å²) in [6, 6.07) is 7.07. The number of hydrogen-bond acceptors (Lipinski definition) is 2. The number of phenols is 1. The van der Waals surface area contributed by atoms with Gasteiger partial charge in [0.15, 0.2) is 0 Å². The lowest BCUT2D eigenvalue weighted by atomic mass is 10.1. The molecule has 0 aliphatic carbocycles. The first-order valence-corrected chi connectivity index (χ1v) is 6.74. The molecule has 5 heteroatoms. The van der Waals surface area contributed by atoms with Crippen molar-refractivity contribution in [2.24, 2.45) is 0 Å². The summed E-state index contributed by atoms with van der Waals surface area (Å²) < 4.78 is 13.8. The van der Waals surface area contributed by atoms with Crippen LogP contribution >= 0.6 is 15.9 Å². The molecule has 0 atom stereocenters. The van der Waals surface area contributed by atoms with E-state index in [0.29, 0.717) is 5.69 Å². The van der Waals surface area contributed by atoms with Gasteiger partial charge in [0.05, 0.1) is 5.56 Å². The van der Waals surface area contributed by atoms with Gasteiger partial charge in [-0.25, -0.2) is 4.39 Å². The van der Waals surface area contributed by atoms with Crippen LogP contribution in [0.2, 0.25) is 0 Å². The highest BCUT2D eigenvalue weighted by atomic mass is 79.9. The topological polar surface area (TPSA) is 49.3 Å². The van der Waals surface area contributed by atoms with Gasteiger partial charge < -0.3 is 10.4 Å². The molecule has 0 radical (unpaired) electrons. The normalized spacial score (nSPS) is 10.4. The summed E-state index contributed by atoms with van der Waals surface area (Å²) in [4.78, 5) is 12.1. The second kappa shape index (κ2) is 5.63. The maximum absolute atomic E-state index is 12.9. The van der Waals surface area contributed by atoms with Gasteiger partial charge in [0, 0.05) is 16.2 Å². The van der Waals surface area contributed by atoms with Crippen molar-refractivity contribution < 1.29 is 14.3 Å². The van der Waals surface area contributed by atoms with Crippen LogP contribution < -0.4 is 5.32 Å². The summed E-state index contributed by atoms with van der Waals surface area (Å²) in [5.41, 5.74) is 2.51. The van der Waals surface area contributed by atoms with E-state index in [1.807, 2.05) is 26.0 Å². The number of aryl methyl sites for hydroxylation is 2. The highest BCUT2D eigenvalue weighted by Crippen LogP contribution is 2.27. The van der Waals surface area contributed by atoms with Crippen molar-refractivity contribution in [1.82, 2.24) is 0 Å². The van der Waals surface area contributed by atoms with Gasteiger partial charge >= 0.3 is 0 Å². The summed E-state index contributed by atoms with van der Waals surface area (Å²) in [7, 11) is 0. The van der Waals surface area contributed by atoms with Crippen LogP contribution in [0.1, 0.15) is 21.5 Å². The molecule has 3 nitrogen and oxygen atoms in total. The molecule has 2 N–H and O–H groups in total. The molecule has 1 amide bonds. The fourth-order valence-corrected chi connectivity index (χ4v) is 2.67. The third-order valence-corrected chi connectivity index (χ3v) is 3.40. The number of benzene rings is 2. The van der Waals surface area contributed by atoms with Gasteiger partial charge in [0.2, 0.25) is 0 Å². The number of hydrogen-bond donors (Lipinski definition) is 2. The largest absolute Gasteiger partial charge is 0.507 e. The fourth-order valence-electron chi connectivity index (χ4n) is 1.99. The van der Waals surface area contributed by atoms with Crippen LogP contribution in [0.5, 0.6) is 5.75 Å². The molecule has 0 bridgehead atoms. The fraction of sp³-hybridized carbons (Fsp3) is 0.133. The Morgan fingerprint density at radius 1 is 1.20 bits per heavy atom. The van der Waals surface area contributed by atoms with E-state index in [-0.39, 0.29) is 11.3 Å². The quantitative estimate of drug-likeness (QED) is 0.864. The van der Waals surface area contributed by atoms with Crippen molar-refractivity contribution in [3.8, 4) is 5.75 Å². The van der Waals surface area contributed by atoms with Gasteiger partial charge in [-0.2, -0.15) is 0 Å². The molecular weight excluding hydrogens is 325 g/mol. The molecule has 0 saturated heterocycles. The molecule has 2 aromatic carbocycles. The number of rotatable bonds is 2. The SMILES string of the molecule is Cc1cc(Br)cc(C)c1NC(=O)c1ccc(F)cc1O. The molecule has 20 heavy (non-hydrogen) atoms. The van der Waals surface area contributed by atoms with E-state index in [0.717, 1.165) is 27.7 Å². The minimum atomic E-state index is -0.588. The van der Waals surface area contributed by atoms with Crippen molar-refractivity contribution in [2.75, 3.05) is 5.32 Å². The van der Waals surface area contributed by atoms with Crippen molar-refractivity contribution in [1.29, 1.82) is 0 Å². The lowest BCUT2D eigenvalue weighted by Gasteiger charge is -2.13. The number of amides is 1. The predicted molar refractivity (Wildman–Crippen MR) is 79.6 cm³/mol. The molecule has 0 aliphatic rings. The van der Waals surface area contributed by atoms with Crippen LogP contribution in [-0.2, 0) is 0 Å². The summed E-state index contributed by atoms with van der Waals surface area (Å²) in [6.45, 7) is 3.75. The van der Waals surface area contributed by atoms with Gasteiger partial charge in [-0.15, -0.1) is 0 Å². The third-order valence-electron chi connectivity index (χ3n) is 2.94. The number of carbonyl (C=O) groups excluding carboxylic acids is 1. The number of halogens is 2. The summed E-state index contributed by atoms with van der Waals surface area (Å²) >= 11 is 3.38. The van der Waals surface area contributed by atoms with Gasteiger partial charge in [0.1, 0.15) is 11.6 Å². The molecule has 0 fully saturated rings. The molecule has 0 aromatic heterocycles. The molecule has 2 rings (SSSR count). The van der Waals surface area contributed by atoms with E-state index in [2.05, 4.69) is 21.2 Å². The van der Waals surface area contributed by atoms with Crippen LogP contribution in [0.4, 0.5) is 10.1 Å². The van der Waals surface area contributed by atoms with Crippen molar-refractivity contribution in [3.05, 3.63) is 57.3 Å². The third kappa shape index (κ3) is 2.99. The minimum Gasteiger partial charge on any atom is -0.507 e. The Morgan fingerprint density at radius 3 is 2.35 bits per heavy atom.